The van der Waals surface area contributed by atoms with Gasteiger partial charge in [0.05, 0.1) is 0 Å². The SMILES string of the molecule is CCCCCCCn1c(C)cc(=O)nc1NC. The first kappa shape index (κ1) is 13.7. The van der Waals surface area contributed by atoms with Crippen LogP contribution in [0.3, 0.4) is 0 Å². The maximum absolute atomic E-state index is 11.3. The van der Waals surface area contributed by atoms with E-state index >= 15 is 0 Å². The molecule has 0 amide bonds. The molecular weight excluding hydrogens is 214 g/mol. The summed E-state index contributed by atoms with van der Waals surface area (Å²) < 4.78 is 2.08. The van der Waals surface area contributed by atoms with Gasteiger partial charge < -0.3 is 9.88 Å². The zero-order chi connectivity index (χ0) is 12.7. The molecule has 0 radical (unpaired) electrons. The van der Waals surface area contributed by atoms with E-state index in [4.69, 9.17) is 0 Å². The quantitative estimate of drug-likeness (QED) is 0.741. The maximum Gasteiger partial charge on any atom is 0.274 e. The van der Waals surface area contributed by atoms with Gasteiger partial charge in [0.2, 0.25) is 5.95 Å². The minimum Gasteiger partial charge on any atom is -0.359 e. The summed E-state index contributed by atoms with van der Waals surface area (Å²) in [5.74, 6) is 0.672. The van der Waals surface area contributed by atoms with Crippen LogP contribution >= 0.6 is 0 Å². The van der Waals surface area contributed by atoms with Crippen LogP contribution in [0.1, 0.15) is 44.7 Å². The van der Waals surface area contributed by atoms with Gasteiger partial charge in [-0.2, -0.15) is 4.98 Å². The second-order valence-corrected chi connectivity index (χ2v) is 4.38. The summed E-state index contributed by atoms with van der Waals surface area (Å²) in [6.07, 6.45) is 6.24. The van der Waals surface area contributed by atoms with Crippen molar-refractivity contribution in [2.24, 2.45) is 0 Å². The first-order valence-corrected chi connectivity index (χ1v) is 6.45. The Morgan fingerprint density at radius 3 is 2.65 bits per heavy atom. The van der Waals surface area contributed by atoms with Gasteiger partial charge in [-0.3, -0.25) is 4.79 Å². The van der Waals surface area contributed by atoms with Crippen molar-refractivity contribution in [3.8, 4) is 0 Å². The minimum absolute atomic E-state index is 0.172. The number of anilines is 1. The average Bonchev–Trinajstić information content (AvgIpc) is 2.30. The molecule has 1 aromatic heterocycles. The molecule has 1 heterocycles. The van der Waals surface area contributed by atoms with E-state index < -0.39 is 0 Å². The lowest BCUT2D eigenvalue weighted by atomic mass is 10.1. The van der Waals surface area contributed by atoms with E-state index in [1.54, 1.807) is 13.1 Å². The van der Waals surface area contributed by atoms with Gasteiger partial charge in [0, 0.05) is 25.4 Å². The molecular formula is C13H23N3O. The molecule has 4 heteroatoms. The summed E-state index contributed by atoms with van der Waals surface area (Å²) in [5.41, 5.74) is 0.805. The number of aromatic nitrogens is 2. The summed E-state index contributed by atoms with van der Waals surface area (Å²) in [7, 11) is 1.80. The highest BCUT2D eigenvalue weighted by Gasteiger charge is 2.04. The molecule has 0 aliphatic rings. The van der Waals surface area contributed by atoms with E-state index in [-0.39, 0.29) is 5.56 Å². The molecule has 1 rings (SSSR count). The van der Waals surface area contributed by atoms with Crippen molar-refractivity contribution in [3.05, 3.63) is 22.1 Å². The fraction of sp³-hybridized carbons (Fsp3) is 0.692. The Labute approximate surface area is 103 Å². The lowest BCUT2D eigenvalue weighted by Crippen LogP contribution is -2.18. The molecule has 0 aliphatic carbocycles. The minimum atomic E-state index is -0.172. The smallest absolute Gasteiger partial charge is 0.274 e. The summed E-state index contributed by atoms with van der Waals surface area (Å²) in [6, 6.07) is 1.59. The van der Waals surface area contributed by atoms with Crippen molar-refractivity contribution in [1.29, 1.82) is 0 Å². The van der Waals surface area contributed by atoms with Crippen molar-refractivity contribution in [1.82, 2.24) is 9.55 Å². The molecule has 4 nitrogen and oxygen atoms in total. The zero-order valence-corrected chi connectivity index (χ0v) is 11.1. The number of nitrogens with one attached hydrogen (secondary N) is 1. The molecule has 0 spiro atoms. The van der Waals surface area contributed by atoms with Gasteiger partial charge in [0.15, 0.2) is 0 Å². The second kappa shape index (κ2) is 7.09. The van der Waals surface area contributed by atoms with Gasteiger partial charge in [-0.05, 0) is 13.3 Å². The molecule has 17 heavy (non-hydrogen) atoms. The summed E-state index contributed by atoms with van der Waals surface area (Å²) in [6.45, 7) is 5.10. The van der Waals surface area contributed by atoms with Crippen molar-refractivity contribution in [2.45, 2.75) is 52.5 Å². The summed E-state index contributed by atoms with van der Waals surface area (Å²) in [4.78, 5) is 15.2. The van der Waals surface area contributed by atoms with Gasteiger partial charge in [-0.1, -0.05) is 32.6 Å². The fourth-order valence-corrected chi connectivity index (χ4v) is 1.97. The van der Waals surface area contributed by atoms with E-state index in [9.17, 15) is 4.79 Å². The van der Waals surface area contributed by atoms with E-state index in [2.05, 4.69) is 21.8 Å². The second-order valence-electron chi connectivity index (χ2n) is 4.38. The van der Waals surface area contributed by atoms with Crippen LogP contribution < -0.4 is 10.9 Å². The Kier molecular flexibility index (Phi) is 5.73. The first-order valence-electron chi connectivity index (χ1n) is 6.45. The standard InChI is InChI=1S/C13H23N3O/c1-4-5-6-7-8-9-16-11(2)10-12(17)15-13(16)14-3/h10H,4-9H2,1-3H3,(H,14,15,17). The predicted octanol–water partition coefficient (Wildman–Crippen LogP) is 2.56. The van der Waals surface area contributed by atoms with Crippen molar-refractivity contribution in [2.75, 3.05) is 12.4 Å². The van der Waals surface area contributed by atoms with Crippen LogP contribution in [0.25, 0.3) is 0 Å². The van der Waals surface area contributed by atoms with Gasteiger partial charge in [0.25, 0.3) is 5.56 Å². The van der Waals surface area contributed by atoms with E-state index in [1.807, 2.05) is 6.92 Å². The molecule has 1 N–H and O–H groups in total. The van der Waals surface area contributed by atoms with Crippen molar-refractivity contribution < 1.29 is 0 Å². The lowest BCUT2D eigenvalue weighted by molar-refractivity contribution is 0.557. The third-order valence-corrected chi connectivity index (χ3v) is 2.94. The normalized spacial score (nSPS) is 10.5. The topological polar surface area (TPSA) is 46.9 Å². The zero-order valence-electron chi connectivity index (χ0n) is 11.1. The molecule has 0 atom stereocenters. The van der Waals surface area contributed by atoms with E-state index in [1.165, 1.54) is 25.7 Å². The highest BCUT2D eigenvalue weighted by atomic mass is 16.1. The molecule has 0 saturated carbocycles. The maximum atomic E-state index is 11.3. The van der Waals surface area contributed by atoms with Crippen LogP contribution in [0.2, 0.25) is 0 Å². The van der Waals surface area contributed by atoms with E-state index in [0.29, 0.717) is 5.95 Å². The lowest BCUT2D eigenvalue weighted by Gasteiger charge is -2.14. The Hall–Kier alpha value is -1.32. The molecule has 0 unspecified atom stereocenters. The van der Waals surface area contributed by atoms with Crippen LogP contribution in [-0.4, -0.2) is 16.6 Å². The fourth-order valence-electron chi connectivity index (χ4n) is 1.97. The van der Waals surface area contributed by atoms with Gasteiger partial charge in [-0.15, -0.1) is 0 Å². The number of hydrogen-bond donors (Lipinski definition) is 1. The number of aryl methyl sites for hydroxylation is 1. The van der Waals surface area contributed by atoms with Crippen LogP contribution in [0, 0.1) is 6.92 Å². The largest absolute Gasteiger partial charge is 0.359 e. The summed E-state index contributed by atoms with van der Waals surface area (Å²) in [5, 5.41) is 2.98. The van der Waals surface area contributed by atoms with Crippen LogP contribution in [0.15, 0.2) is 10.9 Å². The molecule has 0 bridgehead atoms. The molecule has 1 aromatic rings. The van der Waals surface area contributed by atoms with Crippen molar-refractivity contribution in [3.63, 3.8) is 0 Å². The van der Waals surface area contributed by atoms with Crippen molar-refractivity contribution >= 4 is 5.95 Å². The molecule has 0 fully saturated rings. The highest BCUT2D eigenvalue weighted by Crippen LogP contribution is 2.09. The Morgan fingerprint density at radius 2 is 2.00 bits per heavy atom. The number of hydrogen-bond acceptors (Lipinski definition) is 3. The number of unbranched alkanes of at least 4 members (excludes halogenated alkanes) is 4. The molecule has 0 aliphatic heterocycles. The molecule has 0 saturated heterocycles. The monoisotopic (exact) mass is 237 g/mol. The predicted molar refractivity (Wildman–Crippen MR) is 71.5 cm³/mol. The van der Waals surface area contributed by atoms with Gasteiger partial charge in [-0.25, -0.2) is 0 Å². The third kappa shape index (κ3) is 4.21. The first-order chi connectivity index (χ1) is 8.19. The van der Waals surface area contributed by atoms with Crippen LogP contribution in [0.5, 0.6) is 0 Å². The average molecular weight is 237 g/mol. The Bertz CT molecular complexity index is 398. The van der Waals surface area contributed by atoms with Crippen LogP contribution in [0.4, 0.5) is 5.95 Å². The summed E-state index contributed by atoms with van der Waals surface area (Å²) >= 11 is 0. The Balaban J connectivity index is 2.60. The van der Waals surface area contributed by atoms with E-state index in [0.717, 1.165) is 18.7 Å². The molecule has 96 valence electrons. The molecule has 0 aromatic carbocycles. The van der Waals surface area contributed by atoms with Gasteiger partial charge >= 0.3 is 0 Å². The third-order valence-electron chi connectivity index (χ3n) is 2.94. The van der Waals surface area contributed by atoms with Crippen LogP contribution in [-0.2, 0) is 6.54 Å². The number of nitrogens with zero attached hydrogens (tertiary/aromatic N) is 2. The van der Waals surface area contributed by atoms with Gasteiger partial charge in [0.1, 0.15) is 0 Å². The highest BCUT2D eigenvalue weighted by molar-refractivity contribution is 5.26. The number of rotatable bonds is 7. The Morgan fingerprint density at radius 1 is 1.29 bits per heavy atom.